The number of para-hydroxylation sites is 1. The van der Waals surface area contributed by atoms with Gasteiger partial charge in [-0.25, -0.2) is 0 Å². The maximum atomic E-state index is 13.9. The Balaban J connectivity index is 1.66. The molecule has 3 aromatic carbocycles. The van der Waals surface area contributed by atoms with E-state index < -0.39 is 23.5 Å². The third kappa shape index (κ3) is 4.31. The highest BCUT2D eigenvalue weighted by Gasteiger charge is 2.45. The van der Waals surface area contributed by atoms with Crippen LogP contribution in [0.4, 0.5) is 11.4 Å². The Labute approximate surface area is 225 Å². The number of amides is 1. The number of fused-ring (bicyclic) bond motifs is 1. The lowest BCUT2D eigenvalue weighted by molar-refractivity contribution is -0.117. The van der Waals surface area contributed by atoms with Crippen LogP contribution in [0.1, 0.15) is 22.2 Å². The van der Waals surface area contributed by atoms with E-state index in [-0.39, 0.29) is 11.3 Å². The first-order valence-corrected chi connectivity index (χ1v) is 12.2. The number of aliphatic hydroxyl groups is 1. The lowest BCUT2D eigenvalue weighted by Crippen LogP contribution is -2.31. The van der Waals surface area contributed by atoms with Gasteiger partial charge in [0.05, 0.1) is 32.9 Å². The van der Waals surface area contributed by atoms with Gasteiger partial charge in [-0.2, -0.15) is 0 Å². The zero-order chi connectivity index (χ0) is 27.8. The molecule has 0 saturated carbocycles. The van der Waals surface area contributed by atoms with Crippen LogP contribution in [0.5, 0.6) is 17.2 Å². The second-order valence-electron chi connectivity index (χ2n) is 9.18. The summed E-state index contributed by atoms with van der Waals surface area (Å²) in [5, 5.41) is 11.8. The van der Waals surface area contributed by atoms with Gasteiger partial charge >= 0.3 is 0 Å². The fourth-order valence-electron chi connectivity index (χ4n) is 4.79. The van der Waals surface area contributed by atoms with Crippen LogP contribution in [0.3, 0.4) is 0 Å². The highest BCUT2D eigenvalue weighted by atomic mass is 16.5. The number of Topliss-reactive ketones (excluding diaryl/α,β-unsaturated/α-hetero) is 1. The predicted octanol–water partition coefficient (Wildman–Crippen LogP) is 5.31. The van der Waals surface area contributed by atoms with Crippen LogP contribution in [0, 0.1) is 0 Å². The second kappa shape index (κ2) is 10.1. The normalized spacial score (nSPS) is 15.2. The minimum absolute atomic E-state index is 0.0204. The molecule has 200 valence electrons. The molecule has 2 heterocycles. The van der Waals surface area contributed by atoms with Crippen LogP contribution >= 0.6 is 0 Å². The molecule has 5 rings (SSSR count). The molecule has 1 aromatic heterocycles. The molecule has 0 fully saturated rings. The average molecular weight is 529 g/mol. The van der Waals surface area contributed by atoms with Crippen molar-refractivity contribution in [2.24, 2.45) is 0 Å². The van der Waals surface area contributed by atoms with E-state index in [2.05, 4.69) is 0 Å². The van der Waals surface area contributed by atoms with Crippen LogP contribution < -0.4 is 24.0 Å². The number of carbonyl (C=O) groups is 2. The summed E-state index contributed by atoms with van der Waals surface area (Å²) >= 11 is 0. The van der Waals surface area contributed by atoms with Gasteiger partial charge in [-0.3, -0.25) is 14.5 Å². The van der Waals surface area contributed by atoms with E-state index in [1.54, 1.807) is 42.5 Å². The minimum Gasteiger partial charge on any atom is -0.503 e. The van der Waals surface area contributed by atoms with Gasteiger partial charge in [-0.1, -0.05) is 24.3 Å². The number of ketones is 1. The van der Waals surface area contributed by atoms with Crippen molar-refractivity contribution >= 4 is 34.0 Å². The maximum absolute atomic E-state index is 13.9. The average Bonchev–Trinajstić information content (AvgIpc) is 3.51. The molecule has 0 bridgehead atoms. The van der Waals surface area contributed by atoms with Crippen molar-refractivity contribution in [3.05, 3.63) is 89.4 Å². The SMILES string of the molecule is COc1ccc(N2C(=O)C(O)=C(C(=O)c3cc4cccc(OC)c4o3)C2c2ccc(N(C)C)cc2)cc1OC. The van der Waals surface area contributed by atoms with Gasteiger partial charge in [0.15, 0.2) is 34.4 Å². The van der Waals surface area contributed by atoms with Gasteiger partial charge in [0.25, 0.3) is 5.91 Å². The molecule has 1 aliphatic heterocycles. The zero-order valence-corrected chi connectivity index (χ0v) is 22.2. The number of hydrogen-bond donors (Lipinski definition) is 1. The quantitative estimate of drug-likeness (QED) is 0.307. The number of carbonyl (C=O) groups excluding carboxylic acids is 2. The standard InChI is InChI=1S/C30H28N2O7/c1-31(2)19-11-9-17(10-12-19)26-25(27(33)24-15-18-7-6-8-22(37-4)29(18)39-24)28(34)30(35)32(26)20-13-14-21(36-3)23(16-20)38-5/h6-16,26,34H,1-5H3. The van der Waals surface area contributed by atoms with Crippen molar-refractivity contribution in [1.29, 1.82) is 0 Å². The molecule has 0 spiro atoms. The fraction of sp³-hybridized carbons (Fsp3) is 0.200. The van der Waals surface area contributed by atoms with E-state index in [1.165, 1.54) is 26.2 Å². The Morgan fingerprint density at radius 1 is 0.897 bits per heavy atom. The summed E-state index contributed by atoms with van der Waals surface area (Å²) in [5.74, 6) is -0.658. The smallest absolute Gasteiger partial charge is 0.294 e. The molecule has 0 radical (unpaired) electrons. The first-order valence-electron chi connectivity index (χ1n) is 12.2. The Bertz CT molecular complexity index is 1600. The van der Waals surface area contributed by atoms with Crippen LogP contribution in [-0.2, 0) is 4.79 Å². The molecule has 9 heteroatoms. The second-order valence-corrected chi connectivity index (χ2v) is 9.18. The molecule has 1 aliphatic rings. The van der Waals surface area contributed by atoms with Gasteiger partial charge in [-0.15, -0.1) is 0 Å². The van der Waals surface area contributed by atoms with Crippen LogP contribution in [0.2, 0.25) is 0 Å². The molecule has 1 atom stereocenters. The largest absolute Gasteiger partial charge is 0.503 e. The summed E-state index contributed by atoms with van der Waals surface area (Å²) in [7, 11) is 8.35. The van der Waals surface area contributed by atoms with Gasteiger partial charge in [-0.05, 0) is 42.0 Å². The van der Waals surface area contributed by atoms with Gasteiger partial charge in [0, 0.05) is 36.9 Å². The highest BCUT2D eigenvalue weighted by Crippen LogP contribution is 2.44. The number of benzene rings is 3. The van der Waals surface area contributed by atoms with E-state index in [4.69, 9.17) is 18.6 Å². The number of methoxy groups -OCH3 is 3. The van der Waals surface area contributed by atoms with E-state index in [9.17, 15) is 14.7 Å². The number of anilines is 2. The third-order valence-corrected chi connectivity index (χ3v) is 6.77. The number of nitrogens with zero attached hydrogens (tertiary/aromatic N) is 2. The Kier molecular flexibility index (Phi) is 6.66. The molecule has 4 aromatic rings. The highest BCUT2D eigenvalue weighted by molar-refractivity contribution is 6.20. The van der Waals surface area contributed by atoms with Crippen molar-refractivity contribution < 1.29 is 33.3 Å². The van der Waals surface area contributed by atoms with Crippen molar-refractivity contribution in [2.45, 2.75) is 6.04 Å². The molecular weight excluding hydrogens is 500 g/mol. The van der Waals surface area contributed by atoms with Gasteiger partial charge in [0.1, 0.15) is 0 Å². The number of furan rings is 1. The number of rotatable bonds is 8. The molecule has 1 unspecified atom stereocenters. The maximum Gasteiger partial charge on any atom is 0.294 e. The molecule has 1 N–H and O–H groups in total. The molecule has 1 amide bonds. The molecule has 0 aliphatic carbocycles. The number of aliphatic hydroxyl groups excluding tert-OH is 1. The topological polar surface area (TPSA) is 102 Å². The van der Waals surface area contributed by atoms with E-state index in [0.717, 1.165) is 5.69 Å². The molecule has 9 nitrogen and oxygen atoms in total. The predicted molar refractivity (Wildman–Crippen MR) is 147 cm³/mol. The summed E-state index contributed by atoms with van der Waals surface area (Å²) in [6, 6.07) is 18.3. The monoisotopic (exact) mass is 528 g/mol. The molecular formula is C30H28N2O7. The van der Waals surface area contributed by atoms with E-state index in [0.29, 0.717) is 39.5 Å². The number of hydrogen-bond acceptors (Lipinski definition) is 8. The van der Waals surface area contributed by atoms with Crippen molar-refractivity contribution in [1.82, 2.24) is 0 Å². The van der Waals surface area contributed by atoms with E-state index >= 15 is 0 Å². The van der Waals surface area contributed by atoms with Gasteiger partial charge < -0.3 is 28.6 Å². The fourth-order valence-corrected chi connectivity index (χ4v) is 4.79. The van der Waals surface area contributed by atoms with Crippen molar-refractivity contribution in [3.8, 4) is 17.2 Å². The summed E-state index contributed by atoms with van der Waals surface area (Å²) in [5.41, 5.74) is 2.29. The third-order valence-electron chi connectivity index (χ3n) is 6.77. The van der Waals surface area contributed by atoms with Gasteiger partial charge in [0.2, 0.25) is 5.78 Å². The zero-order valence-electron chi connectivity index (χ0n) is 22.2. The molecule has 0 saturated heterocycles. The first-order chi connectivity index (χ1) is 18.8. The van der Waals surface area contributed by atoms with Crippen molar-refractivity contribution in [3.63, 3.8) is 0 Å². The van der Waals surface area contributed by atoms with Crippen molar-refractivity contribution in [2.75, 3.05) is 45.2 Å². The summed E-state index contributed by atoms with van der Waals surface area (Å²) in [6.07, 6.45) is 0. The lowest BCUT2D eigenvalue weighted by Gasteiger charge is -2.27. The first kappa shape index (κ1) is 25.7. The lowest BCUT2D eigenvalue weighted by atomic mass is 9.94. The Hall–Kier alpha value is -4.92. The Morgan fingerprint density at radius 3 is 2.23 bits per heavy atom. The van der Waals surface area contributed by atoms with Crippen LogP contribution in [-0.4, -0.2) is 52.2 Å². The summed E-state index contributed by atoms with van der Waals surface area (Å²) in [6.45, 7) is 0. The Morgan fingerprint density at radius 2 is 1.59 bits per heavy atom. The minimum atomic E-state index is -0.936. The number of ether oxygens (including phenoxy) is 3. The van der Waals surface area contributed by atoms with E-state index in [1.807, 2.05) is 43.3 Å². The van der Waals surface area contributed by atoms with Crippen LogP contribution in [0.25, 0.3) is 11.0 Å². The molecule has 39 heavy (non-hydrogen) atoms. The van der Waals surface area contributed by atoms with Crippen LogP contribution in [0.15, 0.2) is 82.5 Å². The summed E-state index contributed by atoms with van der Waals surface area (Å²) < 4.78 is 22.0. The summed E-state index contributed by atoms with van der Waals surface area (Å²) in [4.78, 5) is 30.8.